The van der Waals surface area contributed by atoms with Crippen LogP contribution < -0.4 is 4.80 Å². The predicted molar refractivity (Wildman–Crippen MR) is 99.2 cm³/mol. The molecular weight excluding hydrogens is 377 g/mol. The summed E-state index contributed by atoms with van der Waals surface area (Å²) in [5.74, 6) is 1.41. The molecule has 0 bridgehead atoms. The number of amides is 1. The number of thiazole rings is 1. The van der Waals surface area contributed by atoms with E-state index in [0.29, 0.717) is 15.1 Å². The van der Waals surface area contributed by atoms with E-state index in [1.165, 1.54) is 28.9 Å². The molecule has 0 aliphatic carbocycles. The number of terminal acetylenes is 1. The number of halogens is 1. The van der Waals surface area contributed by atoms with Crippen molar-refractivity contribution < 1.29 is 14.1 Å². The lowest BCUT2D eigenvalue weighted by molar-refractivity contribution is -0.380. The molecule has 0 N–H and O–H groups in total. The van der Waals surface area contributed by atoms with Crippen molar-refractivity contribution in [3.05, 3.63) is 62.0 Å². The van der Waals surface area contributed by atoms with Crippen LogP contribution in [0.4, 0.5) is 9.39 Å². The second-order valence-corrected chi connectivity index (χ2v) is 7.08. The van der Waals surface area contributed by atoms with Crippen molar-refractivity contribution in [3.63, 3.8) is 0 Å². The van der Waals surface area contributed by atoms with Gasteiger partial charge < -0.3 is 4.57 Å². The normalized spacial score (nSPS) is 11.9. The van der Waals surface area contributed by atoms with Crippen molar-refractivity contribution in [2.24, 2.45) is 4.99 Å². The number of nitrogens with zero attached hydrogens (tertiary/aromatic N) is 3. The Morgan fingerprint density at radius 3 is 2.88 bits per heavy atom. The molecule has 0 spiro atoms. The highest BCUT2D eigenvalue weighted by Gasteiger charge is 2.11. The van der Waals surface area contributed by atoms with Crippen LogP contribution in [0.25, 0.3) is 16.3 Å². The SMILES string of the molecule is C#CCn1c(=NC(=O)C=Cc2ccc([N+](=O)[O-])s2)sc2cccc(F)c21. The Bertz CT molecular complexity index is 1150. The highest BCUT2D eigenvalue weighted by atomic mass is 32.1. The van der Waals surface area contributed by atoms with Gasteiger partial charge in [0.2, 0.25) is 0 Å². The van der Waals surface area contributed by atoms with Crippen LogP contribution in [0.1, 0.15) is 4.88 Å². The minimum Gasteiger partial charge on any atom is -0.302 e. The summed E-state index contributed by atoms with van der Waals surface area (Å²) in [6.45, 7) is 0.0773. The number of hydrogen-bond donors (Lipinski definition) is 0. The largest absolute Gasteiger partial charge is 0.324 e. The number of benzene rings is 1. The number of hydrogen-bond acceptors (Lipinski definition) is 5. The Balaban J connectivity index is 1.96. The van der Waals surface area contributed by atoms with E-state index in [2.05, 4.69) is 10.9 Å². The van der Waals surface area contributed by atoms with Gasteiger partial charge >= 0.3 is 5.00 Å². The van der Waals surface area contributed by atoms with Crippen molar-refractivity contribution in [1.82, 2.24) is 4.57 Å². The van der Waals surface area contributed by atoms with Gasteiger partial charge in [0.1, 0.15) is 5.82 Å². The summed E-state index contributed by atoms with van der Waals surface area (Å²) in [6.07, 6.45) is 7.99. The first-order valence-electron chi connectivity index (χ1n) is 7.22. The quantitative estimate of drug-likeness (QED) is 0.297. The van der Waals surface area contributed by atoms with Crippen molar-refractivity contribution in [2.75, 3.05) is 0 Å². The zero-order chi connectivity index (χ0) is 18.7. The predicted octanol–water partition coefficient (Wildman–Crippen LogP) is 3.59. The highest BCUT2D eigenvalue weighted by molar-refractivity contribution is 7.16. The lowest BCUT2D eigenvalue weighted by Crippen LogP contribution is -2.16. The number of carbonyl (C=O) groups is 1. The van der Waals surface area contributed by atoms with Crippen molar-refractivity contribution in [3.8, 4) is 12.3 Å². The minimum atomic E-state index is -0.571. The topological polar surface area (TPSA) is 77.5 Å². The molecule has 0 fully saturated rings. The van der Waals surface area contributed by atoms with Gasteiger partial charge in [0, 0.05) is 17.0 Å². The summed E-state index contributed by atoms with van der Waals surface area (Å²) in [4.78, 5) is 27.1. The lowest BCUT2D eigenvalue weighted by atomic mass is 10.3. The van der Waals surface area contributed by atoms with E-state index < -0.39 is 16.6 Å². The van der Waals surface area contributed by atoms with E-state index in [1.54, 1.807) is 18.2 Å². The zero-order valence-electron chi connectivity index (χ0n) is 13.1. The maximum atomic E-state index is 14.1. The first kappa shape index (κ1) is 17.7. The van der Waals surface area contributed by atoms with Gasteiger partial charge in [-0.2, -0.15) is 4.99 Å². The maximum absolute atomic E-state index is 14.1. The standard InChI is InChI=1S/C17H10FN3O3S2/c1-2-10-20-16-12(18)4-3-5-13(16)26-17(20)19-14(22)8-6-11-7-9-15(25-11)21(23)24/h1,3-9H,10H2. The number of fused-ring (bicyclic) bond motifs is 1. The smallest absolute Gasteiger partial charge is 0.302 e. The van der Waals surface area contributed by atoms with E-state index in [0.717, 1.165) is 22.7 Å². The van der Waals surface area contributed by atoms with Crippen LogP contribution in [0.15, 0.2) is 41.4 Å². The lowest BCUT2D eigenvalue weighted by Gasteiger charge is -2.00. The molecule has 0 unspecified atom stereocenters. The number of thiophene rings is 1. The molecule has 130 valence electrons. The van der Waals surface area contributed by atoms with Gasteiger partial charge in [0.15, 0.2) is 4.80 Å². The van der Waals surface area contributed by atoms with Gasteiger partial charge in [-0.3, -0.25) is 14.9 Å². The summed E-state index contributed by atoms with van der Waals surface area (Å²) in [5, 5.41) is 10.7. The molecule has 0 saturated carbocycles. The minimum absolute atomic E-state index is 0.0131. The third-order valence-corrected chi connectivity index (χ3v) is 5.34. The third kappa shape index (κ3) is 3.61. The fourth-order valence-corrected chi connectivity index (χ4v) is 4.00. The van der Waals surface area contributed by atoms with Crippen molar-refractivity contribution >= 4 is 49.9 Å². The average molecular weight is 387 g/mol. The van der Waals surface area contributed by atoms with Crippen molar-refractivity contribution in [2.45, 2.75) is 6.54 Å². The summed E-state index contributed by atoms with van der Waals surface area (Å²) < 4.78 is 16.2. The summed E-state index contributed by atoms with van der Waals surface area (Å²) in [7, 11) is 0. The number of carbonyl (C=O) groups excluding carboxylic acids is 1. The summed E-state index contributed by atoms with van der Waals surface area (Å²) in [5.41, 5.74) is 0.305. The zero-order valence-corrected chi connectivity index (χ0v) is 14.7. The second-order valence-electron chi connectivity index (χ2n) is 4.98. The third-order valence-electron chi connectivity index (χ3n) is 3.29. The molecule has 3 aromatic rings. The van der Waals surface area contributed by atoms with E-state index in [4.69, 9.17) is 6.42 Å². The molecule has 0 radical (unpaired) electrons. The van der Waals surface area contributed by atoms with Gasteiger partial charge in [-0.1, -0.05) is 34.7 Å². The second kappa shape index (κ2) is 7.43. The maximum Gasteiger partial charge on any atom is 0.324 e. The van der Waals surface area contributed by atoms with Crippen LogP contribution in [0.3, 0.4) is 0 Å². The number of rotatable bonds is 4. The highest BCUT2D eigenvalue weighted by Crippen LogP contribution is 2.25. The van der Waals surface area contributed by atoms with E-state index in [-0.39, 0.29) is 16.3 Å². The molecule has 0 saturated heterocycles. The molecule has 9 heteroatoms. The van der Waals surface area contributed by atoms with Gasteiger partial charge in [-0.25, -0.2) is 4.39 Å². The van der Waals surface area contributed by atoms with Crippen LogP contribution >= 0.6 is 22.7 Å². The summed E-state index contributed by atoms with van der Waals surface area (Å²) >= 11 is 2.10. The van der Waals surface area contributed by atoms with E-state index in [9.17, 15) is 19.3 Å². The Morgan fingerprint density at radius 1 is 1.38 bits per heavy atom. The van der Waals surface area contributed by atoms with E-state index >= 15 is 0 Å². The van der Waals surface area contributed by atoms with Gasteiger partial charge in [0.05, 0.1) is 21.7 Å². The van der Waals surface area contributed by atoms with Crippen LogP contribution in [-0.4, -0.2) is 15.4 Å². The first-order valence-corrected chi connectivity index (χ1v) is 8.85. The molecule has 0 aliphatic rings. The Kier molecular flexibility index (Phi) is 5.06. The molecule has 0 atom stereocenters. The number of aromatic nitrogens is 1. The fraction of sp³-hybridized carbons (Fsp3) is 0.0588. The Morgan fingerprint density at radius 2 is 2.19 bits per heavy atom. The van der Waals surface area contributed by atoms with Gasteiger partial charge in [0.25, 0.3) is 5.91 Å². The molecule has 1 aromatic carbocycles. The van der Waals surface area contributed by atoms with Gasteiger partial charge in [-0.05, 0) is 24.3 Å². The molecule has 2 aromatic heterocycles. The molecule has 3 rings (SSSR count). The molecule has 1 amide bonds. The monoisotopic (exact) mass is 387 g/mol. The Labute approximate surface area is 154 Å². The molecule has 2 heterocycles. The van der Waals surface area contributed by atoms with Crippen LogP contribution in [0, 0.1) is 28.3 Å². The van der Waals surface area contributed by atoms with Crippen LogP contribution in [-0.2, 0) is 11.3 Å². The van der Waals surface area contributed by atoms with Crippen LogP contribution in [0.2, 0.25) is 0 Å². The van der Waals surface area contributed by atoms with Crippen molar-refractivity contribution in [1.29, 1.82) is 0 Å². The summed E-state index contributed by atoms with van der Waals surface area (Å²) in [6, 6.07) is 7.52. The van der Waals surface area contributed by atoms with Crippen LogP contribution in [0.5, 0.6) is 0 Å². The average Bonchev–Trinajstić information content (AvgIpc) is 3.20. The number of para-hydroxylation sites is 1. The molecular formula is C17H10FN3O3S2. The Hall–Kier alpha value is -3.09. The molecule has 26 heavy (non-hydrogen) atoms. The molecule has 6 nitrogen and oxygen atoms in total. The fourth-order valence-electron chi connectivity index (χ4n) is 2.22. The van der Waals surface area contributed by atoms with Gasteiger partial charge in [-0.15, -0.1) is 6.42 Å². The number of nitro groups is 1. The molecule has 0 aliphatic heterocycles. The van der Waals surface area contributed by atoms with E-state index in [1.807, 2.05) is 0 Å². The first-order chi connectivity index (χ1) is 12.5.